The Morgan fingerprint density at radius 1 is 0.786 bits per heavy atom. The maximum absolute atomic E-state index is 5.68. The molecule has 0 aliphatic carbocycles. The number of nitrogens with one attached hydrogen (secondary N) is 1. The fraction of sp³-hybridized carbons (Fsp3) is 0.167. The molecule has 0 spiro atoms. The number of benzene rings is 3. The van der Waals surface area contributed by atoms with Gasteiger partial charge in [-0.1, -0.05) is 61.5 Å². The molecule has 4 heteroatoms. The average Bonchev–Trinajstić information content (AvgIpc) is 2.77. The third kappa shape index (κ3) is 3.96. The van der Waals surface area contributed by atoms with E-state index in [1.54, 1.807) is 0 Å². The van der Waals surface area contributed by atoms with E-state index in [0.29, 0.717) is 6.54 Å². The molecule has 1 heterocycles. The van der Waals surface area contributed by atoms with E-state index in [4.69, 9.17) is 4.74 Å². The van der Waals surface area contributed by atoms with Crippen molar-refractivity contribution in [3.63, 3.8) is 0 Å². The summed E-state index contributed by atoms with van der Waals surface area (Å²) in [6, 6.07) is 26.6. The molecule has 4 rings (SSSR count). The van der Waals surface area contributed by atoms with Crippen molar-refractivity contribution < 1.29 is 4.74 Å². The molecule has 0 aliphatic heterocycles. The maximum Gasteiger partial charge on any atom is 0.156 e. The molecule has 0 fully saturated rings. The molecule has 0 radical (unpaired) electrons. The predicted molar refractivity (Wildman–Crippen MR) is 115 cm³/mol. The average molecular weight is 369 g/mol. The van der Waals surface area contributed by atoms with Gasteiger partial charge in [0.1, 0.15) is 11.4 Å². The van der Waals surface area contributed by atoms with Crippen molar-refractivity contribution in [2.75, 3.05) is 11.9 Å². The van der Waals surface area contributed by atoms with E-state index in [1.165, 1.54) is 5.56 Å². The van der Waals surface area contributed by atoms with E-state index in [0.717, 1.165) is 46.6 Å². The Morgan fingerprint density at radius 3 is 2.25 bits per heavy atom. The van der Waals surface area contributed by atoms with Crippen LogP contribution in [0.4, 0.5) is 5.82 Å². The lowest BCUT2D eigenvalue weighted by molar-refractivity contribution is 0.317. The molecule has 0 bridgehead atoms. The van der Waals surface area contributed by atoms with Crippen molar-refractivity contribution in [1.29, 1.82) is 0 Å². The van der Waals surface area contributed by atoms with Gasteiger partial charge in [-0.15, -0.1) is 10.2 Å². The highest BCUT2D eigenvalue weighted by Gasteiger charge is 2.11. The zero-order valence-electron chi connectivity index (χ0n) is 15.9. The Labute approximate surface area is 165 Å². The van der Waals surface area contributed by atoms with Gasteiger partial charge in [-0.25, -0.2) is 0 Å². The molecule has 0 atom stereocenters. The van der Waals surface area contributed by atoms with Gasteiger partial charge in [0.25, 0.3) is 0 Å². The van der Waals surface area contributed by atoms with Crippen LogP contribution in [0.2, 0.25) is 0 Å². The highest BCUT2D eigenvalue weighted by molar-refractivity contribution is 6.00. The molecule has 140 valence electrons. The summed E-state index contributed by atoms with van der Waals surface area (Å²) in [5.74, 6) is 1.68. The van der Waals surface area contributed by atoms with Crippen LogP contribution in [-0.4, -0.2) is 16.8 Å². The highest BCUT2D eigenvalue weighted by atomic mass is 16.5. The van der Waals surface area contributed by atoms with Crippen LogP contribution >= 0.6 is 0 Å². The summed E-state index contributed by atoms with van der Waals surface area (Å²) in [6.07, 6.45) is 0.995. The fourth-order valence-corrected chi connectivity index (χ4v) is 3.16. The number of hydrogen-bond donors (Lipinski definition) is 1. The highest BCUT2D eigenvalue weighted by Crippen LogP contribution is 2.30. The van der Waals surface area contributed by atoms with Crippen molar-refractivity contribution in [2.45, 2.75) is 19.9 Å². The number of hydrogen-bond acceptors (Lipinski definition) is 4. The van der Waals surface area contributed by atoms with E-state index in [-0.39, 0.29) is 0 Å². The standard InChI is InChI=1S/C24H23N3O/c1-2-16-28-20-14-12-19(13-15-20)23-21-10-6-7-11-22(21)24(27-26-23)25-17-18-8-4-3-5-9-18/h3-15H,2,16-17H2,1H3,(H,25,27). The largest absolute Gasteiger partial charge is 0.494 e. The van der Waals surface area contributed by atoms with E-state index < -0.39 is 0 Å². The Hall–Kier alpha value is -3.40. The minimum atomic E-state index is 0.711. The summed E-state index contributed by atoms with van der Waals surface area (Å²) in [5, 5.41) is 14.6. The lowest BCUT2D eigenvalue weighted by Crippen LogP contribution is -2.04. The summed E-state index contributed by atoms with van der Waals surface area (Å²) < 4.78 is 5.68. The molecule has 28 heavy (non-hydrogen) atoms. The first-order valence-corrected chi connectivity index (χ1v) is 9.61. The third-order valence-electron chi connectivity index (χ3n) is 4.59. The number of ether oxygens (including phenoxy) is 1. The lowest BCUT2D eigenvalue weighted by atomic mass is 10.0. The second-order valence-electron chi connectivity index (χ2n) is 6.65. The summed E-state index contributed by atoms with van der Waals surface area (Å²) in [4.78, 5) is 0. The Bertz CT molecular complexity index is 1050. The molecule has 0 unspecified atom stereocenters. The summed E-state index contributed by atoms with van der Waals surface area (Å²) >= 11 is 0. The van der Waals surface area contributed by atoms with E-state index in [1.807, 2.05) is 54.6 Å². The molecular weight excluding hydrogens is 346 g/mol. The smallest absolute Gasteiger partial charge is 0.156 e. The molecule has 0 saturated carbocycles. The van der Waals surface area contributed by atoms with Crippen LogP contribution in [-0.2, 0) is 6.54 Å². The lowest BCUT2D eigenvalue weighted by Gasteiger charge is -2.12. The zero-order valence-corrected chi connectivity index (χ0v) is 15.9. The molecule has 0 saturated heterocycles. The Balaban J connectivity index is 1.64. The van der Waals surface area contributed by atoms with Crippen molar-refractivity contribution in [2.24, 2.45) is 0 Å². The molecule has 0 amide bonds. The van der Waals surface area contributed by atoms with Crippen molar-refractivity contribution >= 4 is 16.6 Å². The van der Waals surface area contributed by atoms with Gasteiger partial charge >= 0.3 is 0 Å². The van der Waals surface area contributed by atoms with Crippen LogP contribution < -0.4 is 10.1 Å². The molecule has 1 N–H and O–H groups in total. The van der Waals surface area contributed by atoms with E-state index in [2.05, 4.69) is 46.7 Å². The van der Waals surface area contributed by atoms with E-state index >= 15 is 0 Å². The second-order valence-corrected chi connectivity index (χ2v) is 6.65. The van der Waals surface area contributed by atoms with Crippen molar-refractivity contribution in [3.8, 4) is 17.0 Å². The van der Waals surface area contributed by atoms with Gasteiger partial charge in [0.05, 0.1) is 6.61 Å². The first-order valence-electron chi connectivity index (χ1n) is 9.61. The first-order chi connectivity index (χ1) is 13.8. The minimum Gasteiger partial charge on any atom is -0.494 e. The normalized spacial score (nSPS) is 10.8. The van der Waals surface area contributed by atoms with Crippen LogP contribution in [0.1, 0.15) is 18.9 Å². The van der Waals surface area contributed by atoms with Crippen LogP contribution in [0.25, 0.3) is 22.0 Å². The quantitative estimate of drug-likeness (QED) is 0.454. The number of nitrogens with zero attached hydrogens (tertiary/aromatic N) is 2. The van der Waals surface area contributed by atoms with Gasteiger partial charge in [-0.05, 0) is 36.2 Å². The van der Waals surface area contributed by atoms with Crippen LogP contribution in [0.15, 0.2) is 78.9 Å². The van der Waals surface area contributed by atoms with E-state index in [9.17, 15) is 0 Å². The van der Waals surface area contributed by atoms with Crippen molar-refractivity contribution in [3.05, 3.63) is 84.4 Å². The number of rotatable bonds is 7. The van der Waals surface area contributed by atoms with Gasteiger partial charge in [0.2, 0.25) is 0 Å². The number of anilines is 1. The van der Waals surface area contributed by atoms with Gasteiger partial charge in [-0.3, -0.25) is 0 Å². The SMILES string of the molecule is CCCOc1ccc(-c2nnc(NCc3ccccc3)c3ccccc23)cc1. The molecule has 4 nitrogen and oxygen atoms in total. The number of fused-ring (bicyclic) bond motifs is 1. The topological polar surface area (TPSA) is 47.0 Å². The Morgan fingerprint density at radius 2 is 1.50 bits per heavy atom. The molecule has 0 aliphatic rings. The van der Waals surface area contributed by atoms with Crippen molar-refractivity contribution in [1.82, 2.24) is 10.2 Å². The summed E-state index contributed by atoms with van der Waals surface area (Å²) in [7, 11) is 0. The van der Waals surface area contributed by atoms with Gasteiger partial charge in [-0.2, -0.15) is 0 Å². The summed E-state index contributed by atoms with van der Waals surface area (Å²) in [5.41, 5.74) is 3.12. The monoisotopic (exact) mass is 369 g/mol. The molecule has 4 aromatic rings. The van der Waals surface area contributed by atoms with Crippen LogP contribution in [0.3, 0.4) is 0 Å². The summed E-state index contributed by atoms with van der Waals surface area (Å²) in [6.45, 7) is 3.54. The third-order valence-corrected chi connectivity index (χ3v) is 4.59. The fourth-order valence-electron chi connectivity index (χ4n) is 3.16. The van der Waals surface area contributed by atoms with Crippen LogP contribution in [0, 0.1) is 0 Å². The molecular formula is C24H23N3O. The zero-order chi connectivity index (χ0) is 19.2. The predicted octanol–water partition coefficient (Wildman–Crippen LogP) is 5.70. The first kappa shape index (κ1) is 18.0. The second kappa shape index (κ2) is 8.53. The Kier molecular flexibility index (Phi) is 5.48. The number of aromatic nitrogens is 2. The van der Waals surface area contributed by atoms with Gasteiger partial charge < -0.3 is 10.1 Å². The van der Waals surface area contributed by atoms with Crippen LogP contribution in [0.5, 0.6) is 5.75 Å². The maximum atomic E-state index is 5.68. The van der Waals surface area contributed by atoms with Gasteiger partial charge in [0, 0.05) is 22.9 Å². The molecule has 3 aromatic carbocycles. The molecule has 1 aromatic heterocycles. The van der Waals surface area contributed by atoms with Gasteiger partial charge in [0.15, 0.2) is 5.82 Å². The minimum absolute atomic E-state index is 0.711.